The molecule has 0 radical (unpaired) electrons. The number of thiazole rings is 1. The van der Waals surface area contributed by atoms with Crippen molar-refractivity contribution in [1.29, 1.82) is 0 Å². The van der Waals surface area contributed by atoms with E-state index in [1.54, 1.807) is 38.1 Å². The van der Waals surface area contributed by atoms with Crippen LogP contribution in [0.3, 0.4) is 0 Å². The van der Waals surface area contributed by atoms with Gasteiger partial charge in [0.1, 0.15) is 10.6 Å². The van der Waals surface area contributed by atoms with E-state index < -0.39 is 34.4 Å². The third-order valence-corrected chi connectivity index (χ3v) is 7.10. The number of hydrogen-bond donors (Lipinski definition) is 1. The Morgan fingerprint density at radius 1 is 1.19 bits per heavy atom. The molecule has 2 heterocycles. The second-order valence-electron chi connectivity index (χ2n) is 7.66. The van der Waals surface area contributed by atoms with Crippen molar-refractivity contribution in [2.75, 3.05) is 11.5 Å². The number of aromatic nitrogens is 1. The fourth-order valence-electron chi connectivity index (χ4n) is 3.76. The van der Waals surface area contributed by atoms with E-state index in [0.717, 1.165) is 20.7 Å². The Balaban J connectivity index is 1.91. The number of nitrogens with zero attached hydrogens (tertiary/aromatic N) is 3. The van der Waals surface area contributed by atoms with E-state index in [1.165, 1.54) is 24.3 Å². The molecule has 2 aromatic carbocycles. The maximum Gasteiger partial charge on any atom is 0.350 e. The standard InChI is InChI=1S/C24H18BrN3O7S/c1-3-35-23(32)21-12(2)26-24(36-21)27-18(13-6-10-16(11-7-13)28(33)34)17(20(30)22(27)31)19(29)14-4-8-15(25)9-5-14/h4-11,18,29H,3H2,1-2H3/b19-17+. The van der Waals surface area contributed by atoms with E-state index in [-0.39, 0.29) is 27.9 Å². The lowest BCUT2D eigenvalue weighted by molar-refractivity contribution is -0.384. The average molecular weight is 572 g/mol. The third kappa shape index (κ3) is 4.52. The van der Waals surface area contributed by atoms with Crippen LogP contribution in [-0.2, 0) is 14.3 Å². The molecule has 0 aliphatic carbocycles. The van der Waals surface area contributed by atoms with Crippen LogP contribution in [0.2, 0.25) is 0 Å². The first-order valence-electron chi connectivity index (χ1n) is 10.6. The van der Waals surface area contributed by atoms with Gasteiger partial charge in [-0.2, -0.15) is 0 Å². The number of halogens is 1. The van der Waals surface area contributed by atoms with Crippen molar-refractivity contribution < 1.29 is 29.2 Å². The van der Waals surface area contributed by atoms with Gasteiger partial charge in [-0.1, -0.05) is 39.4 Å². The number of anilines is 1. The lowest BCUT2D eigenvalue weighted by Crippen LogP contribution is -2.29. The molecule has 1 aromatic heterocycles. The maximum atomic E-state index is 13.2. The predicted molar refractivity (Wildman–Crippen MR) is 135 cm³/mol. The number of amides is 1. The predicted octanol–water partition coefficient (Wildman–Crippen LogP) is 4.93. The number of carbonyl (C=O) groups is 3. The van der Waals surface area contributed by atoms with Crippen molar-refractivity contribution in [2.45, 2.75) is 19.9 Å². The Morgan fingerprint density at radius 3 is 2.42 bits per heavy atom. The molecule has 10 nitrogen and oxygen atoms in total. The Morgan fingerprint density at radius 2 is 1.83 bits per heavy atom. The number of esters is 1. The number of rotatable bonds is 6. The fourth-order valence-corrected chi connectivity index (χ4v) is 5.01. The zero-order valence-corrected chi connectivity index (χ0v) is 21.3. The smallest absolute Gasteiger partial charge is 0.350 e. The summed E-state index contributed by atoms with van der Waals surface area (Å²) in [4.78, 5) is 55.0. The van der Waals surface area contributed by atoms with Crippen LogP contribution >= 0.6 is 27.3 Å². The largest absolute Gasteiger partial charge is 0.507 e. The first kappa shape index (κ1) is 25.2. The van der Waals surface area contributed by atoms with E-state index in [4.69, 9.17) is 4.74 Å². The minimum absolute atomic E-state index is 0.0517. The molecule has 1 atom stereocenters. The Bertz CT molecular complexity index is 1410. The van der Waals surface area contributed by atoms with E-state index in [1.807, 2.05) is 0 Å². The fraction of sp³-hybridized carbons (Fsp3) is 0.167. The molecule has 4 rings (SSSR count). The summed E-state index contributed by atoms with van der Waals surface area (Å²) in [5.74, 6) is -2.94. The van der Waals surface area contributed by atoms with Crippen molar-refractivity contribution >= 4 is 61.5 Å². The highest BCUT2D eigenvalue weighted by Gasteiger charge is 2.48. The topological polar surface area (TPSA) is 140 Å². The molecule has 3 aromatic rings. The molecule has 12 heteroatoms. The van der Waals surface area contributed by atoms with Gasteiger partial charge in [-0.15, -0.1) is 0 Å². The van der Waals surface area contributed by atoms with Gasteiger partial charge in [0.05, 0.1) is 28.8 Å². The number of Topliss-reactive ketones (excluding diaryl/α,β-unsaturated/α-hetero) is 1. The van der Waals surface area contributed by atoms with Gasteiger partial charge in [-0.3, -0.25) is 24.6 Å². The summed E-state index contributed by atoms with van der Waals surface area (Å²) < 4.78 is 5.80. The molecule has 0 spiro atoms. The molecule has 1 amide bonds. The number of ketones is 1. The third-order valence-electron chi connectivity index (χ3n) is 5.43. The molecule has 36 heavy (non-hydrogen) atoms. The van der Waals surface area contributed by atoms with Gasteiger partial charge in [0.25, 0.3) is 11.5 Å². The summed E-state index contributed by atoms with van der Waals surface area (Å²) in [6.07, 6.45) is 0. The highest BCUT2D eigenvalue weighted by atomic mass is 79.9. The number of nitro groups is 1. The van der Waals surface area contributed by atoms with Crippen molar-refractivity contribution in [3.05, 3.63) is 90.4 Å². The van der Waals surface area contributed by atoms with Crippen molar-refractivity contribution in [1.82, 2.24) is 4.98 Å². The Kier molecular flexibility index (Phi) is 7.00. The number of benzene rings is 2. The summed E-state index contributed by atoms with van der Waals surface area (Å²) in [6, 6.07) is 10.6. The highest BCUT2D eigenvalue weighted by Crippen LogP contribution is 2.44. The van der Waals surface area contributed by atoms with Crippen molar-refractivity contribution in [3.63, 3.8) is 0 Å². The molecule has 1 N–H and O–H groups in total. The van der Waals surface area contributed by atoms with Crippen LogP contribution < -0.4 is 4.90 Å². The summed E-state index contributed by atoms with van der Waals surface area (Å²) in [5, 5.41) is 22.3. The second kappa shape index (κ2) is 9.99. The minimum Gasteiger partial charge on any atom is -0.507 e. The van der Waals surface area contributed by atoms with Crippen LogP contribution in [0, 0.1) is 17.0 Å². The number of aliphatic hydroxyl groups excluding tert-OH is 1. The van der Waals surface area contributed by atoms with Crippen molar-refractivity contribution in [3.8, 4) is 0 Å². The van der Waals surface area contributed by atoms with E-state index in [0.29, 0.717) is 16.8 Å². The number of ether oxygens (including phenoxy) is 1. The zero-order valence-electron chi connectivity index (χ0n) is 18.9. The first-order chi connectivity index (χ1) is 17.1. The molecule has 0 bridgehead atoms. The minimum atomic E-state index is -1.14. The van der Waals surface area contributed by atoms with E-state index in [2.05, 4.69) is 20.9 Å². The van der Waals surface area contributed by atoms with Gasteiger partial charge in [0, 0.05) is 22.2 Å². The van der Waals surface area contributed by atoms with Gasteiger partial charge in [-0.25, -0.2) is 9.78 Å². The number of nitro benzene ring substituents is 1. The molecule has 1 aliphatic rings. The zero-order chi connectivity index (χ0) is 26.1. The Labute approximate surface area is 217 Å². The summed E-state index contributed by atoms with van der Waals surface area (Å²) in [7, 11) is 0. The number of aliphatic hydroxyl groups is 1. The number of hydrogen-bond acceptors (Lipinski definition) is 9. The maximum absolute atomic E-state index is 13.2. The summed E-state index contributed by atoms with van der Waals surface area (Å²) >= 11 is 4.19. The number of non-ortho nitro benzene ring substituents is 1. The quantitative estimate of drug-likeness (QED) is 0.110. The van der Waals surface area contributed by atoms with Crippen LogP contribution in [0.25, 0.3) is 5.76 Å². The Hall–Kier alpha value is -3.90. The normalized spacial score (nSPS) is 16.9. The van der Waals surface area contributed by atoms with Crippen LogP contribution in [0.15, 0.2) is 58.6 Å². The second-order valence-corrected chi connectivity index (χ2v) is 9.55. The number of aryl methyl sites for hydroxylation is 1. The lowest BCUT2D eigenvalue weighted by atomic mass is 9.95. The van der Waals surface area contributed by atoms with Gasteiger partial charge < -0.3 is 9.84 Å². The SMILES string of the molecule is CCOC(=O)c1sc(N2C(=O)C(=O)/C(=C(/O)c3ccc(Br)cc3)C2c2ccc([N+](=O)[O-])cc2)nc1C. The number of carbonyl (C=O) groups excluding carboxylic acids is 3. The van der Waals surface area contributed by atoms with Crippen molar-refractivity contribution in [2.24, 2.45) is 0 Å². The van der Waals surface area contributed by atoms with Crippen LogP contribution in [-0.4, -0.2) is 39.3 Å². The highest BCUT2D eigenvalue weighted by molar-refractivity contribution is 9.10. The molecule has 1 fully saturated rings. The monoisotopic (exact) mass is 571 g/mol. The van der Waals surface area contributed by atoms with Gasteiger partial charge in [-0.05, 0) is 43.7 Å². The van der Waals surface area contributed by atoms with E-state index in [9.17, 15) is 29.6 Å². The van der Waals surface area contributed by atoms with E-state index >= 15 is 0 Å². The molecule has 0 saturated carbocycles. The molecular formula is C24H18BrN3O7S. The van der Waals surface area contributed by atoms with Gasteiger partial charge in [0.15, 0.2) is 5.13 Å². The molecule has 1 aliphatic heterocycles. The molecule has 184 valence electrons. The van der Waals surface area contributed by atoms with Gasteiger partial charge in [0.2, 0.25) is 0 Å². The van der Waals surface area contributed by atoms with Gasteiger partial charge >= 0.3 is 11.9 Å². The first-order valence-corrected chi connectivity index (χ1v) is 12.2. The van der Waals surface area contributed by atoms with Crippen LogP contribution in [0.4, 0.5) is 10.8 Å². The average Bonchev–Trinajstić information content (AvgIpc) is 3.36. The summed E-state index contributed by atoms with van der Waals surface area (Å²) in [6.45, 7) is 3.38. The van der Waals surface area contributed by atoms with Crippen LogP contribution in [0.5, 0.6) is 0 Å². The summed E-state index contributed by atoms with van der Waals surface area (Å²) in [5.41, 5.74) is 0.556. The lowest BCUT2D eigenvalue weighted by Gasteiger charge is -2.23. The molecular weight excluding hydrogens is 554 g/mol. The molecule has 1 unspecified atom stereocenters. The van der Waals surface area contributed by atoms with Crippen LogP contribution in [0.1, 0.15) is 39.5 Å². The molecule has 1 saturated heterocycles.